The van der Waals surface area contributed by atoms with Gasteiger partial charge in [-0.1, -0.05) is 48.0 Å². The smallest absolute Gasteiger partial charge is 0.140 e. The fourth-order valence-electron chi connectivity index (χ4n) is 3.76. The van der Waals surface area contributed by atoms with Crippen molar-refractivity contribution in [3.05, 3.63) is 75.8 Å². The number of pyridine rings is 1. The lowest BCUT2D eigenvalue weighted by atomic mass is 9.94. The second-order valence-corrected chi connectivity index (χ2v) is 7.70. The first-order valence-electron chi connectivity index (χ1n) is 9.03. The van der Waals surface area contributed by atoms with E-state index in [9.17, 15) is 5.11 Å². The Hall–Kier alpha value is -2.23. The minimum atomic E-state index is 0.0216. The number of nitrogens with zero attached hydrogens (tertiary/aromatic N) is 2. The molecule has 138 valence electrons. The molecule has 1 aliphatic heterocycles. The molecule has 5 heteroatoms. The number of fused-ring (bicyclic) bond motifs is 1. The average molecular weight is 399 g/mol. The molecule has 0 bridgehead atoms. The second kappa shape index (κ2) is 7.41. The maximum absolute atomic E-state index is 10.5. The van der Waals surface area contributed by atoms with E-state index < -0.39 is 0 Å². The first kappa shape index (κ1) is 18.1. The van der Waals surface area contributed by atoms with Crippen LogP contribution in [0.4, 0.5) is 5.82 Å². The maximum atomic E-state index is 10.5. The Bertz CT molecular complexity index is 1030. The van der Waals surface area contributed by atoms with Crippen LogP contribution in [-0.4, -0.2) is 23.2 Å². The Morgan fingerprint density at radius 2 is 1.85 bits per heavy atom. The topological polar surface area (TPSA) is 36.4 Å². The number of aromatic nitrogens is 1. The van der Waals surface area contributed by atoms with Crippen LogP contribution in [0, 0.1) is 0 Å². The van der Waals surface area contributed by atoms with Crippen LogP contribution in [0.2, 0.25) is 10.0 Å². The monoisotopic (exact) mass is 398 g/mol. The van der Waals surface area contributed by atoms with Gasteiger partial charge in [0, 0.05) is 34.9 Å². The normalized spacial score (nSPS) is 14.1. The molecule has 1 aliphatic rings. The maximum Gasteiger partial charge on any atom is 0.140 e. The van der Waals surface area contributed by atoms with Gasteiger partial charge in [-0.05, 0) is 48.2 Å². The largest absolute Gasteiger partial charge is 0.508 e. The molecule has 1 fully saturated rings. The third kappa shape index (κ3) is 3.50. The molecule has 0 spiro atoms. The van der Waals surface area contributed by atoms with Crippen LogP contribution in [0.3, 0.4) is 0 Å². The van der Waals surface area contributed by atoms with Crippen molar-refractivity contribution < 1.29 is 5.11 Å². The van der Waals surface area contributed by atoms with Gasteiger partial charge in [-0.3, -0.25) is 0 Å². The first-order valence-corrected chi connectivity index (χ1v) is 9.79. The van der Waals surface area contributed by atoms with E-state index in [1.54, 1.807) is 0 Å². The summed E-state index contributed by atoms with van der Waals surface area (Å²) in [4.78, 5) is 7.08. The van der Waals surface area contributed by atoms with Crippen LogP contribution in [0.15, 0.2) is 49.0 Å². The number of rotatable bonds is 4. The molecule has 1 saturated heterocycles. The summed E-state index contributed by atoms with van der Waals surface area (Å²) in [5.41, 5.74) is 3.48. The third-order valence-electron chi connectivity index (χ3n) is 5.05. The third-order valence-corrected chi connectivity index (χ3v) is 5.66. The van der Waals surface area contributed by atoms with E-state index in [0.29, 0.717) is 22.0 Å². The van der Waals surface area contributed by atoms with Gasteiger partial charge >= 0.3 is 0 Å². The van der Waals surface area contributed by atoms with Gasteiger partial charge in [-0.2, -0.15) is 0 Å². The fraction of sp³-hybridized carbons (Fsp3) is 0.227. The van der Waals surface area contributed by atoms with E-state index in [0.717, 1.165) is 53.8 Å². The van der Waals surface area contributed by atoms with Gasteiger partial charge in [-0.15, -0.1) is 0 Å². The Morgan fingerprint density at radius 1 is 1.11 bits per heavy atom. The summed E-state index contributed by atoms with van der Waals surface area (Å²) in [6, 6.07) is 13.4. The Kier molecular flexibility index (Phi) is 4.98. The Morgan fingerprint density at radius 3 is 2.56 bits per heavy atom. The summed E-state index contributed by atoms with van der Waals surface area (Å²) >= 11 is 12.7. The number of benzene rings is 2. The molecule has 1 N–H and O–H groups in total. The van der Waals surface area contributed by atoms with Crippen molar-refractivity contribution in [2.45, 2.75) is 19.3 Å². The quantitative estimate of drug-likeness (QED) is 0.526. The second-order valence-electron chi connectivity index (χ2n) is 6.86. The van der Waals surface area contributed by atoms with Crippen molar-refractivity contribution in [1.29, 1.82) is 0 Å². The number of anilines is 1. The minimum Gasteiger partial charge on any atom is -0.508 e. The summed E-state index contributed by atoms with van der Waals surface area (Å²) in [7, 11) is 0. The lowest BCUT2D eigenvalue weighted by Gasteiger charge is -2.24. The van der Waals surface area contributed by atoms with Gasteiger partial charge in [0.2, 0.25) is 0 Å². The molecule has 4 rings (SSSR count). The van der Waals surface area contributed by atoms with Crippen molar-refractivity contribution in [2.24, 2.45) is 0 Å². The number of aliphatic hydroxyl groups is 1. The molecule has 2 heterocycles. The van der Waals surface area contributed by atoms with Crippen LogP contribution < -0.4 is 4.90 Å². The van der Waals surface area contributed by atoms with Gasteiger partial charge in [-0.25, -0.2) is 4.98 Å². The summed E-state index contributed by atoms with van der Waals surface area (Å²) in [6.45, 7) is 5.69. The van der Waals surface area contributed by atoms with Crippen LogP contribution >= 0.6 is 23.2 Å². The van der Waals surface area contributed by atoms with Crippen molar-refractivity contribution in [3.63, 3.8) is 0 Å². The average Bonchev–Trinajstić information content (AvgIpc) is 3.17. The van der Waals surface area contributed by atoms with Gasteiger partial charge < -0.3 is 10.0 Å². The molecule has 0 aliphatic carbocycles. The predicted molar refractivity (Wildman–Crippen MR) is 114 cm³/mol. The van der Waals surface area contributed by atoms with E-state index in [1.807, 2.05) is 42.5 Å². The number of hydrogen-bond donors (Lipinski definition) is 1. The summed E-state index contributed by atoms with van der Waals surface area (Å²) in [5.74, 6) is 0.810. The molecule has 3 nitrogen and oxygen atoms in total. The molecule has 27 heavy (non-hydrogen) atoms. The zero-order valence-corrected chi connectivity index (χ0v) is 16.4. The van der Waals surface area contributed by atoms with E-state index in [1.165, 1.54) is 0 Å². The highest BCUT2D eigenvalue weighted by molar-refractivity contribution is 6.31. The minimum absolute atomic E-state index is 0.0216. The van der Waals surface area contributed by atoms with Crippen LogP contribution in [-0.2, 0) is 6.42 Å². The van der Waals surface area contributed by atoms with Crippen LogP contribution in [0.1, 0.15) is 29.5 Å². The lowest BCUT2D eigenvalue weighted by Crippen LogP contribution is -2.21. The summed E-state index contributed by atoms with van der Waals surface area (Å²) in [5, 5.41) is 12.7. The van der Waals surface area contributed by atoms with Crippen molar-refractivity contribution in [3.8, 4) is 0 Å². The summed E-state index contributed by atoms with van der Waals surface area (Å²) < 4.78 is 0. The molecule has 0 atom stereocenters. The summed E-state index contributed by atoms with van der Waals surface area (Å²) in [6.07, 6.45) is 2.81. The molecule has 0 amide bonds. The van der Waals surface area contributed by atoms with Crippen LogP contribution in [0.5, 0.6) is 0 Å². The van der Waals surface area contributed by atoms with Crippen molar-refractivity contribution >= 4 is 45.7 Å². The first-order chi connectivity index (χ1) is 13.0. The van der Waals surface area contributed by atoms with E-state index in [-0.39, 0.29) is 5.76 Å². The van der Waals surface area contributed by atoms with Gasteiger partial charge in [0.15, 0.2) is 0 Å². The lowest BCUT2D eigenvalue weighted by molar-refractivity contribution is 0.512. The van der Waals surface area contributed by atoms with Gasteiger partial charge in [0.25, 0.3) is 0 Å². The zero-order chi connectivity index (χ0) is 19.0. The number of hydrogen-bond acceptors (Lipinski definition) is 3. The number of halogens is 2. The molecule has 0 unspecified atom stereocenters. The zero-order valence-electron chi connectivity index (χ0n) is 14.9. The molecule has 0 saturated carbocycles. The van der Waals surface area contributed by atoms with Gasteiger partial charge in [0.05, 0.1) is 11.1 Å². The molecule has 0 radical (unpaired) electrons. The highest BCUT2D eigenvalue weighted by Crippen LogP contribution is 2.37. The molecule has 2 aromatic carbocycles. The van der Waals surface area contributed by atoms with E-state index >= 15 is 0 Å². The number of aliphatic hydroxyl groups excluding tert-OH is 1. The van der Waals surface area contributed by atoms with Crippen molar-refractivity contribution in [1.82, 2.24) is 4.98 Å². The SMILES string of the molecule is C=C(O)c1c(N2CCCC2)nc2ccc(Cl)cc2c1Cc1ccccc1Cl. The Labute approximate surface area is 168 Å². The molecule has 3 aromatic rings. The van der Waals surface area contributed by atoms with Crippen LogP contribution in [0.25, 0.3) is 16.7 Å². The van der Waals surface area contributed by atoms with E-state index in [4.69, 9.17) is 28.2 Å². The van der Waals surface area contributed by atoms with Gasteiger partial charge in [0.1, 0.15) is 11.6 Å². The highest BCUT2D eigenvalue weighted by Gasteiger charge is 2.24. The van der Waals surface area contributed by atoms with Crippen molar-refractivity contribution in [2.75, 3.05) is 18.0 Å². The molecular weight excluding hydrogens is 379 g/mol. The highest BCUT2D eigenvalue weighted by atomic mass is 35.5. The molecular formula is C22H20Cl2N2O. The fourth-order valence-corrected chi connectivity index (χ4v) is 4.14. The molecule has 1 aromatic heterocycles. The Balaban J connectivity index is 2.00. The predicted octanol–water partition coefficient (Wildman–Crippen LogP) is 6.26. The standard InChI is InChI=1S/C22H20Cl2N2O/c1-14(27)21-18(12-15-6-2-3-7-19(15)24)17-13-16(23)8-9-20(17)25-22(21)26-10-4-5-11-26/h2-3,6-9,13,27H,1,4-5,10-12H2. The van der Waals surface area contributed by atoms with E-state index in [2.05, 4.69) is 11.5 Å².